The number of carbonyl (C=O) groups is 1. The molecule has 36 heavy (non-hydrogen) atoms. The molecule has 2 aromatic carbocycles. The Morgan fingerprint density at radius 2 is 1.81 bits per heavy atom. The van der Waals surface area contributed by atoms with E-state index < -0.39 is 0 Å². The summed E-state index contributed by atoms with van der Waals surface area (Å²) in [5, 5.41) is 2.93. The first-order valence-corrected chi connectivity index (χ1v) is 11.6. The van der Waals surface area contributed by atoms with Crippen molar-refractivity contribution in [1.29, 1.82) is 0 Å². The fourth-order valence-electron chi connectivity index (χ4n) is 4.34. The van der Waals surface area contributed by atoms with Crippen LogP contribution >= 0.6 is 0 Å². The second-order valence-corrected chi connectivity index (χ2v) is 8.45. The number of methoxy groups -OCH3 is 2. The zero-order valence-corrected chi connectivity index (χ0v) is 20.1. The normalized spacial score (nSPS) is 14.1. The number of piperazine rings is 1. The molecule has 0 spiro atoms. The summed E-state index contributed by atoms with van der Waals surface area (Å²) < 4.78 is 26.1. The van der Waals surface area contributed by atoms with Crippen molar-refractivity contribution >= 4 is 22.9 Å². The molecular formula is C26H27FN6O3. The molecule has 5 rings (SSSR count). The van der Waals surface area contributed by atoms with Gasteiger partial charge in [0.15, 0.2) is 5.65 Å². The third-order valence-corrected chi connectivity index (χ3v) is 6.24. The summed E-state index contributed by atoms with van der Waals surface area (Å²) in [6, 6.07) is 15.2. The quantitative estimate of drug-likeness (QED) is 0.441. The number of fused-ring (bicyclic) bond motifs is 1. The highest BCUT2D eigenvalue weighted by molar-refractivity contribution is 5.91. The van der Waals surface area contributed by atoms with Gasteiger partial charge in [-0.15, -0.1) is 0 Å². The van der Waals surface area contributed by atoms with Gasteiger partial charge < -0.3 is 19.7 Å². The van der Waals surface area contributed by atoms with Crippen LogP contribution < -0.4 is 14.8 Å². The number of rotatable bonds is 6. The molecule has 0 saturated carbocycles. The summed E-state index contributed by atoms with van der Waals surface area (Å²) in [4.78, 5) is 26.3. The molecule has 2 aromatic heterocycles. The maximum Gasteiger partial charge on any atom is 0.322 e. The first kappa shape index (κ1) is 23.6. The number of nitrogens with zero attached hydrogens (tertiary/aromatic N) is 5. The molecule has 0 bridgehead atoms. The molecule has 0 aliphatic carbocycles. The predicted molar refractivity (Wildman–Crippen MR) is 134 cm³/mol. The maximum atomic E-state index is 13.5. The van der Waals surface area contributed by atoms with Crippen LogP contribution in [-0.2, 0) is 6.54 Å². The van der Waals surface area contributed by atoms with Crippen molar-refractivity contribution in [3.8, 4) is 17.2 Å². The highest BCUT2D eigenvalue weighted by Gasteiger charge is 2.24. The largest absolute Gasteiger partial charge is 0.497 e. The fourth-order valence-corrected chi connectivity index (χ4v) is 4.34. The van der Waals surface area contributed by atoms with Crippen LogP contribution in [0.15, 0.2) is 60.8 Å². The van der Waals surface area contributed by atoms with E-state index in [0.29, 0.717) is 49.9 Å². The second kappa shape index (κ2) is 10.2. The Hall–Kier alpha value is -4.18. The van der Waals surface area contributed by atoms with Gasteiger partial charge in [-0.2, -0.15) is 0 Å². The van der Waals surface area contributed by atoms with Gasteiger partial charge >= 0.3 is 6.03 Å². The third-order valence-electron chi connectivity index (χ3n) is 6.24. The van der Waals surface area contributed by atoms with E-state index in [-0.39, 0.29) is 11.8 Å². The molecular weight excluding hydrogens is 463 g/mol. The number of amides is 2. The Bertz CT molecular complexity index is 1370. The van der Waals surface area contributed by atoms with Crippen molar-refractivity contribution < 1.29 is 18.7 Å². The molecule has 1 fully saturated rings. The molecule has 0 unspecified atom stereocenters. The molecule has 186 valence electrons. The Labute approximate surface area is 208 Å². The number of urea groups is 1. The minimum Gasteiger partial charge on any atom is -0.497 e. The van der Waals surface area contributed by atoms with Gasteiger partial charge in [-0.1, -0.05) is 0 Å². The van der Waals surface area contributed by atoms with E-state index in [1.54, 1.807) is 55.6 Å². The minimum atomic E-state index is -0.293. The van der Waals surface area contributed by atoms with Crippen molar-refractivity contribution in [3.05, 3.63) is 72.4 Å². The first-order chi connectivity index (χ1) is 17.6. The van der Waals surface area contributed by atoms with E-state index >= 15 is 0 Å². The summed E-state index contributed by atoms with van der Waals surface area (Å²) in [5.41, 5.74) is 2.87. The Morgan fingerprint density at radius 1 is 1.03 bits per heavy atom. The van der Waals surface area contributed by atoms with Crippen molar-refractivity contribution in [2.24, 2.45) is 0 Å². The van der Waals surface area contributed by atoms with Gasteiger partial charge in [0.2, 0.25) is 0 Å². The van der Waals surface area contributed by atoms with E-state index in [1.165, 1.54) is 12.1 Å². The number of hydrogen-bond donors (Lipinski definition) is 1. The average molecular weight is 491 g/mol. The number of carbonyl (C=O) groups excluding carboxylic acids is 1. The summed E-state index contributed by atoms with van der Waals surface area (Å²) >= 11 is 0. The molecule has 3 heterocycles. The van der Waals surface area contributed by atoms with Gasteiger partial charge in [0.05, 0.1) is 26.5 Å². The molecule has 0 radical (unpaired) electrons. The molecule has 1 N–H and O–H groups in total. The van der Waals surface area contributed by atoms with Crippen LogP contribution in [0.2, 0.25) is 0 Å². The van der Waals surface area contributed by atoms with Crippen LogP contribution in [0.5, 0.6) is 11.5 Å². The van der Waals surface area contributed by atoms with Crippen molar-refractivity contribution in [3.63, 3.8) is 0 Å². The van der Waals surface area contributed by atoms with Crippen molar-refractivity contribution in [1.82, 2.24) is 24.3 Å². The van der Waals surface area contributed by atoms with Crippen LogP contribution in [0.25, 0.3) is 16.9 Å². The fraction of sp³-hybridized carbons (Fsp3) is 0.269. The number of anilines is 1. The van der Waals surface area contributed by atoms with E-state index in [9.17, 15) is 9.18 Å². The lowest BCUT2D eigenvalue weighted by atomic mass is 10.2. The minimum absolute atomic E-state index is 0.191. The Balaban J connectivity index is 1.28. The average Bonchev–Trinajstić information content (AvgIpc) is 3.27. The number of imidazole rings is 1. The summed E-state index contributed by atoms with van der Waals surface area (Å²) in [6.45, 7) is 3.07. The van der Waals surface area contributed by atoms with Gasteiger partial charge in [-0.3, -0.25) is 9.47 Å². The molecule has 9 nitrogen and oxygen atoms in total. The highest BCUT2D eigenvalue weighted by Crippen LogP contribution is 2.29. The number of pyridine rings is 1. The maximum absolute atomic E-state index is 13.5. The van der Waals surface area contributed by atoms with E-state index in [4.69, 9.17) is 14.5 Å². The summed E-state index contributed by atoms with van der Waals surface area (Å²) in [5.74, 6) is 1.72. The van der Waals surface area contributed by atoms with Crippen LogP contribution in [0, 0.1) is 5.82 Å². The molecule has 0 atom stereocenters. The van der Waals surface area contributed by atoms with Crippen LogP contribution in [-0.4, -0.2) is 70.8 Å². The Morgan fingerprint density at radius 3 is 2.53 bits per heavy atom. The number of ether oxygens (including phenoxy) is 2. The number of benzene rings is 2. The lowest BCUT2D eigenvalue weighted by Gasteiger charge is -2.34. The van der Waals surface area contributed by atoms with Crippen molar-refractivity contribution in [2.75, 3.05) is 45.7 Å². The second-order valence-electron chi connectivity index (χ2n) is 8.45. The topological polar surface area (TPSA) is 84.8 Å². The first-order valence-electron chi connectivity index (χ1n) is 11.6. The molecule has 4 aromatic rings. The van der Waals surface area contributed by atoms with Gasteiger partial charge in [0.25, 0.3) is 0 Å². The zero-order valence-electron chi connectivity index (χ0n) is 20.1. The van der Waals surface area contributed by atoms with E-state index in [2.05, 4.69) is 15.2 Å². The molecule has 1 aliphatic heterocycles. The lowest BCUT2D eigenvalue weighted by molar-refractivity contribution is 0.140. The summed E-state index contributed by atoms with van der Waals surface area (Å²) in [7, 11) is 3.14. The summed E-state index contributed by atoms with van der Waals surface area (Å²) in [6.07, 6.45) is 1.72. The van der Waals surface area contributed by atoms with Gasteiger partial charge in [0, 0.05) is 44.1 Å². The molecule has 2 amide bonds. The molecule has 10 heteroatoms. The smallest absolute Gasteiger partial charge is 0.322 e. The highest BCUT2D eigenvalue weighted by atomic mass is 19.1. The molecule has 1 saturated heterocycles. The lowest BCUT2D eigenvalue weighted by Crippen LogP contribution is -2.49. The number of aromatic nitrogens is 3. The Kier molecular flexibility index (Phi) is 6.68. The van der Waals surface area contributed by atoms with Gasteiger partial charge in [0.1, 0.15) is 28.7 Å². The van der Waals surface area contributed by atoms with Crippen molar-refractivity contribution in [2.45, 2.75) is 6.54 Å². The van der Waals surface area contributed by atoms with Crippen LogP contribution in [0.4, 0.5) is 14.9 Å². The van der Waals surface area contributed by atoms with E-state index in [0.717, 1.165) is 22.7 Å². The van der Waals surface area contributed by atoms with E-state index in [1.807, 2.05) is 16.7 Å². The van der Waals surface area contributed by atoms with Gasteiger partial charge in [-0.05, 0) is 48.5 Å². The van der Waals surface area contributed by atoms with Gasteiger partial charge in [-0.25, -0.2) is 19.2 Å². The number of halogens is 1. The number of nitrogens with one attached hydrogen (secondary N) is 1. The standard InChI is InChI=1S/C26H27FN6O3/c1-35-20-9-10-23(36-2)22(16-20)30-26(34)32-14-12-31(13-15-32)17-24-29-21-4-3-11-28-25(21)33(24)19-7-5-18(27)6-8-19/h3-11,16H,12-15,17H2,1-2H3,(H,30,34). The van der Waals surface area contributed by atoms with Crippen LogP contribution in [0.1, 0.15) is 5.82 Å². The number of hydrogen-bond acceptors (Lipinski definition) is 6. The SMILES string of the molecule is COc1ccc(OC)c(NC(=O)N2CCN(Cc3nc4cccnc4n3-c3ccc(F)cc3)CC2)c1. The zero-order chi connectivity index (χ0) is 25.1. The predicted octanol–water partition coefficient (Wildman–Crippen LogP) is 3.93. The molecule has 1 aliphatic rings. The third kappa shape index (κ3) is 4.80. The monoisotopic (exact) mass is 490 g/mol. The van der Waals surface area contributed by atoms with Crippen LogP contribution in [0.3, 0.4) is 0 Å².